The summed E-state index contributed by atoms with van der Waals surface area (Å²) in [5, 5.41) is 4.37. The summed E-state index contributed by atoms with van der Waals surface area (Å²) in [4.78, 5) is 22.3. The van der Waals surface area contributed by atoms with Crippen molar-refractivity contribution in [2.24, 2.45) is 0 Å². The average molecular weight is 402 g/mol. The summed E-state index contributed by atoms with van der Waals surface area (Å²) < 4.78 is 40.1. The number of carbonyl (C=O) groups is 2. The molecule has 0 fully saturated rings. The maximum absolute atomic E-state index is 11.8. The van der Waals surface area contributed by atoms with E-state index in [-0.39, 0.29) is 0 Å². The lowest BCUT2D eigenvalue weighted by Crippen LogP contribution is -2.35. The van der Waals surface area contributed by atoms with Gasteiger partial charge in [-0.25, -0.2) is 4.79 Å². The molecule has 0 atom stereocenters. The molecule has 9 heteroatoms. The van der Waals surface area contributed by atoms with Crippen molar-refractivity contribution in [3.8, 4) is 0 Å². The second-order valence-corrected chi connectivity index (χ2v) is 4.85. The first-order valence-electron chi connectivity index (χ1n) is 5.29. The van der Waals surface area contributed by atoms with Gasteiger partial charge >= 0.3 is 12.3 Å². The summed E-state index contributed by atoms with van der Waals surface area (Å²) in [6.07, 6.45) is -5.90. The number of anilines is 1. The van der Waals surface area contributed by atoms with Gasteiger partial charge in [-0.05, 0) is 46.9 Å². The Balaban J connectivity index is 2.29. The van der Waals surface area contributed by atoms with E-state index in [1.54, 1.807) is 24.3 Å². The zero-order valence-corrected chi connectivity index (χ0v) is 12.1. The molecule has 0 saturated heterocycles. The number of hydrogen-bond acceptors (Lipinski definition) is 3. The van der Waals surface area contributed by atoms with Crippen molar-refractivity contribution in [1.82, 2.24) is 5.32 Å². The number of alkyl carbamates (subject to hydrolysis) is 1. The van der Waals surface area contributed by atoms with Crippen LogP contribution in [-0.2, 0) is 9.53 Å². The molecule has 0 saturated carbocycles. The van der Waals surface area contributed by atoms with Gasteiger partial charge in [0.1, 0.15) is 6.54 Å². The maximum atomic E-state index is 11.8. The Morgan fingerprint density at radius 3 is 2.35 bits per heavy atom. The predicted molar refractivity (Wildman–Crippen MR) is 73.2 cm³/mol. The number of ether oxygens (including phenoxy) is 1. The molecular weight excluding hydrogens is 392 g/mol. The molecule has 0 heterocycles. The largest absolute Gasteiger partial charge is 0.440 e. The average Bonchev–Trinajstić information content (AvgIpc) is 2.36. The molecule has 0 aliphatic carbocycles. The lowest BCUT2D eigenvalue weighted by molar-refractivity contribution is -0.160. The van der Waals surface area contributed by atoms with Crippen molar-refractivity contribution in [1.29, 1.82) is 0 Å². The van der Waals surface area contributed by atoms with E-state index >= 15 is 0 Å². The molecule has 0 aliphatic rings. The molecule has 0 aromatic heterocycles. The second-order valence-electron chi connectivity index (χ2n) is 3.60. The molecule has 0 spiro atoms. The van der Waals surface area contributed by atoms with Gasteiger partial charge in [-0.1, -0.05) is 0 Å². The predicted octanol–water partition coefficient (Wildman–Crippen LogP) is 2.52. The second kappa shape index (κ2) is 7.31. The summed E-state index contributed by atoms with van der Waals surface area (Å²) in [6, 6.07) is 6.84. The number of carbonyl (C=O) groups excluding carboxylic acids is 2. The molecule has 0 aliphatic heterocycles. The Hall–Kier alpha value is -1.52. The third-order valence-electron chi connectivity index (χ3n) is 1.89. The first-order valence-corrected chi connectivity index (χ1v) is 6.37. The molecule has 0 bridgehead atoms. The van der Waals surface area contributed by atoms with E-state index in [4.69, 9.17) is 0 Å². The molecule has 2 N–H and O–H groups in total. The Labute approximate surface area is 126 Å². The van der Waals surface area contributed by atoms with Gasteiger partial charge in [-0.15, -0.1) is 0 Å². The summed E-state index contributed by atoms with van der Waals surface area (Å²) in [5.41, 5.74) is 0.515. The van der Waals surface area contributed by atoms with Crippen molar-refractivity contribution < 1.29 is 27.5 Å². The normalized spacial score (nSPS) is 10.8. The minimum atomic E-state index is -4.60. The molecule has 1 rings (SSSR count). The number of halogens is 4. The summed E-state index contributed by atoms with van der Waals surface area (Å²) in [7, 11) is 0. The van der Waals surface area contributed by atoms with Crippen molar-refractivity contribution in [3.63, 3.8) is 0 Å². The highest BCUT2D eigenvalue weighted by molar-refractivity contribution is 14.1. The minimum Gasteiger partial charge on any atom is -0.440 e. The number of amides is 2. The summed E-state index contributed by atoms with van der Waals surface area (Å²) in [5.74, 6) is -0.574. The first kappa shape index (κ1) is 16.5. The highest BCUT2D eigenvalue weighted by Gasteiger charge is 2.29. The van der Waals surface area contributed by atoms with E-state index in [0.29, 0.717) is 5.69 Å². The van der Waals surface area contributed by atoms with E-state index in [9.17, 15) is 22.8 Å². The Kier molecular flexibility index (Phi) is 6.05. The van der Waals surface area contributed by atoms with Crippen LogP contribution in [0, 0.1) is 3.57 Å². The van der Waals surface area contributed by atoms with E-state index < -0.39 is 31.3 Å². The van der Waals surface area contributed by atoms with Crippen LogP contribution in [0.25, 0.3) is 0 Å². The fraction of sp³-hybridized carbons (Fsp3) is 0.273. The number of nitrogens with one attached hydrogen (secondary N) is 2. The van der Waals surface area contributed by atoms with Gasteiger partial charge < -0.3 is 15.4 Å². The van der Waals surface area contributed by atoms with Crippen LogP contribution in [0.3, 0.4) is 0 Å². The number of rotatable bonds is 4. The van der Waals surface area contributed by atoms with Gasteiger partial charge in [-0.3, -0.25) is 4.79 Å². The fourth-order valence-corrected chi connectivity index (χ4v) is 1.45. The highest BCUT2D eigenvalue weighted by Crippen LogP contribution is 2.14. The van der Waals surface area contributed by atoms with Crippen LogP contribution in [0.1, 0.15) is 0 Å². The molecular formula is C11H10F3IN2O3. The highest BCUT2D eigenvalue weighted by atomic mass is 127. The van der Waals surface area contributed by atoms with Crippen LogP contribution in [0.2, 0.25) is 0 Å². The number of alkyl halides is 3. The molecule has 5 nitrogen and oxygen atoms in total. The SMILES string of the molecule is O=C(CNC(=O)OCC(F)(F)F)Nc1ccc(I)cc1. The van der Waals surface area contributed by atoms with Gasteiger partial charge in [0.25, 0.3) is 0 Å². The van der Waals surface area contributed by atoms with Gasteiger partial charge in [0, 0.05) is 9.26 Å². The lowest BCUT2D eigenvalue weighted by Gasteiger charge is -2.09. The third kappa shape index (κ3) is 7.16. The van der Waals surface area contributed by atoms with Crippen LogP contribution in [-0.4, -0.2) is 31.3 Å². The molecule has 1 aromatic carbocycles. The first-order chi connectivity index (χ1) is 9.26. The van der Waals surface area contributed by atoms with Crippen LogP contribution < -0.4 is 10.6 Å². The van der Waals surface area contributed by atoms with Crippen LogP contribution in [0.15, 0.2) is 24.3 Å². The van der Waals surface area contributed by atoms with E-state index in [0.717, 1.165) is 3.57 Å². The maximum Gasteiger partial charge on any atom is 0.422 e. The van der Waals surface area contributed by atoms with Crippen LogP contribution >= 0.6 is 22.6 Å². The minimum absolute atomic E-state index is 0.483. The standard InChI is InChI=1S/C11H10F3IN2O3/c12-11(13,14)6-20-10(19)16-5-9(18)17-8-3-1-7(15)2-4-8/h1-4H,5-6H2,(H,16,19)(H,17,18). The smallest absolute Gasteiger partial charge is 0.422 e. The van der Waals surface area contributed by atoms with E-state index in [2.05, 4.69) is 32.6 Å². The molecule has 1 aromatic rings. The van der Waals surface area contributed by atoms with Crippen molar-refractivity contribution in [2.75, 3.05) is 18.5 Å². The lowest BCUT2D eigenvalue weighted by atomic mass is 10.3. The van der Waals surface area contributed by atoms with E-state index in [1.165, 1.54) is 0 Å². The van der Waals surface area contributed by atoms with Crippen molar-refractivity contribution >= 4 is 40.3 Å². The Bertz CT molecular complexity index is 477. The Morgan fingerprint density at radius 1 is 1.20 bits per heavy atom. The van der Waals surface area contributed by atoms with Gasteiger partial charge in [0.05, 0.1) is 0 Å². The van der Waals surface area contributed by atoms with E-state index in [1.807, 2.05) is 5.32 Å². The van der Waals surface area contributed by atoms with Gasteiger partial charge in [0.2, 0.25) is 5.91 Å². The fourth-order valence-electron chi connectivity index (χ4n) is 1.09. The van der Waals surface area contributed by atoms with Crippen molar-refractivity contribution in [2.45, 2.75) is 6.18 Å². The quantitative estimate of drug-likeness (QED) is 0.761. The van der Waals surface area contributed by atoms with Gasteiger partial charge in [-0.2, -0.15) is 13.2 Å². The molecule has 2 amide bonds. The third-order valence-corrected chi connectivity index (χ3v) is 2.61. The molecule has 0 radical (unpaired) electrons. The number of benzene rings is 1. The Morgan fingerprint density at radius 2 is 1.80 bits per heavy atom. The monoisotopic (exact) mass is 402 g/mol. The van der Waals surface area contributed by atoms with Crippen molar-refractivity contribution in [3.05, 3.63) is 27.8 Å². The summed E-state index contributed by atoms with van der Waals surface area (Å²) in [6.45, 7) is -2.18. The molecule has 110 valence electrons. The zero-order chi connectivity index (χ0) is 15.2. The molecule has 20 heavy (non-hydrogen) atoms. The summed E-state index contributed by atoms with van der Waals surface area (Å²) >= 11 is 2.09. The van der Waals surface area contributed by atoms with Gasteiger partial charge in [0.15, 0.2) is 6.61 Å². The van der Waals surface area contributed by atoms with Crippen LogP contribution in [0.5, 0.6) is 0 Å². The topological polar surface area (TPSA) is 67.4 Å². The number of hydrogen-bond donors (Lipinski definition) is 2. The molecule has 0 unspecified atom stereocenters. The zero-order valence-electron chi connectivity index (χ0n) is 9.96. The van der Waals surface area contributed by atoms with Crippen LogP contribution in [0.4, 0.5) is 23.7 Å².